The number of pyridine rings is 1. The molecule has 2 rings (SSSR count). The van der Waals surface area contributed by atoms with Crippen LogP contribution in [-0.2, 0) is 4.74 Å². The zero-order valence-electron chi connectivity index (χ0n) is 10.1. The SMILES string of the molecule is [N-]=[N+]=N[C@@H]1C[C@@H]([n+]2cccc(C(N)=O)c2)O[C@@H]1CO. The lowest BCUT2D eigenvalue weighted by Gasteiger charge is -2.09. The Bertz CT molecular complexity index is 529. The van der Waals surface area contributed by atoms with Crippen LogP contribution in [0.5, 0.6) is 0 Å². The predicted octanol–water partition coefficient (Wildman–Crippen LogP) is 0.0317. The molecule has 1 amide bonds. The van der Waals surface area contributed by atoms with E-state index in [1.165, 1.54) is 0 Å². The molecule has 3 N–H and O–H groups in total. The summed E-state index contributed by atoms with van der Waals surface area (Å²) in [6.07, 6.45) is 2.80. The third-order valence-electron chi connectivity index (χ3n) is 3.02. The van der Waals surface area contributed by atoms with Gasteiger partial charge in [-0.3, -0.25) is 4.79 Å². The number of aliphatic hydroxyl groups excluding tert-OH is 1. The molecule has 1 saturated heterocycles. The number of ether oxygens (including phenoxy) is 1. The van der Waals surface area contributed by atoms with Gasteiger partial charge in [-0.25, -0.2) is 0 Å². The molecule has 100 valence electrons. The van der Waals surface area contributed by atoms with Crippen molar-refractivity contribution in [2.24, 2.45) is 10.8 Å². The molecular formula is C11H14N5O3+. The second-order valence-electron chi connectivity index (χ2n) is 4.22. The molecular weight excluding hydrogens is 250 g/mol. The van der Waals surface area contributed by atoms with Gasteiger partial charge < -0.3 is 15.6 Å². The van der Waals surface area contributed by atoms with Gasteiger partial charge in [-0.05, 0) is 11.6 Å². The fourth-order valence-electron chi connectivity index (χ4n) is 2.07. The second-order valence-corrected chi connectivity index (χ2v) is 4.22. The lowest BCUT2D eigenvalue weighted by Crippen LogP contribution is -2.40. The van der Waals surface area contributed by atoms with Crippen LogP contribution in [-0.4, -0.2) is 29.8 Å². The summed E-state index contributed by atoms with van der Waals surface area (Å²) in [5.41, 5.74) is 14.0. The molecule has 1 aliphatic heterocycles. The van der Waals surface area contributed by atoms with Gasteiger partial charge in [0.15, 0.2) is 12.4 Å². The molecule has 0 aliphatic carbocycles. The van der Waals surface area contributed by atoms with E-state index in [4.69, 9.17) is 16.0 Å². The molecule has 0 saturated carbocycles. The van der Waals surface area contributed by atoms with E-state index in [1.807, 2.05) is 0 Å². The average molecular weight is 264 g/mol. The van der Waals surface area contributed by atoms with E-state index >= 15 is 0 Å². The summed E-state index contributed by atoms with van der Waals surface area (Å²) in [6.45, 7) is -0.226. The minimum atomic E-state index is -0.536. The first-order valence-electron chi connectivity index (χ1n) is 5.77. The molecule has 8 heteroatoms. The summed E-state index contributed by atoms with van der Waals surface area (Å²) in [6, 6.07) is 2.85. The monoisotopic (exact) mass is 264 g/mol. The van der Waals surface area contributed by atoms with Crippen molar-refractivity contribution in [1.29, 1.82) is 0 Å². The van der Waals surface area contributed by atoms with Crippen LogP contribution in [0.4, 0.5) is 0 Å². The van der Waals surface area contributed by atoms with Crippen LogP contribution in [0.15, 0.2) is 29.6 Å². The zero-order chi connectivity index (χ0) is 13.8. The number of aromatic nitrogens is 1. The molecule has 1 aromatic heterocycles. The lowest BCUT2D eigenvalue weighted by atomic mass is 10.1. The summed E-state index contributed by atoms with van der Waals surface area (Å²) in [5, 5.41) is 12.8. The fourth-order valence-corrected chi connectivity index (χ4v) is 2.07. The first-order valence-corrected chi connectivity index (χ1v) is 5.77. The third-order valence-corrected chi connectivity index (χ3v) is 3.02. The van der Waals surface area contributed by atoms with E-state index in [9.17, 15) is 9.90 Å². The summed E-state index contributed by atoms with van der Waals surface area (Å²) in [4.78, 5) is 13.9. The van der Waals surface area contributed by atoms with Gasteiger partial charge in [0.2, 0.25) is 0 Å². The Labute approximate surface area is 109 Å². The van der Waals surface area contributed by atoms with E-state index in [-0.39, 0.29) is 6.61 Å². The summed E-state index contributed by atoms with van der Waals surface area (Å²) in [7, 11) is 0. The minimum Gasteiger partial charge on any atom is -0.394 e. The molecule has 1 fully saturated rings. The van der Waals surface area contributed by atoms with Gasteiger partial charge in [-0.1, -0.05) is 5.11 Å². The Morgan fingerprint density at radius 1 is 1.74 bits per heavy atom. The van der Waals surface area contributed by atoms with Crippen molar-refractivity contribution in [3.63, 3.8) is 0 Å². The number of azide groups is 1. The number of nitrogens with two attached hydrogens (primary N) is 1. The first kappa shape index (κ1) is 13.3. The summed E-state index contributed by atoms with van der Waals surface area (Å²) in [5.74, 6) is -0.530. The Balaban J connectivity index is 2.21. The molecule has 0 bridgehead atoms. The van der Waals surface area contributed by atoms with Crippen LogP contribution >= 0.6 is 0 Å². The van der Waals surface area contributed by atoms with Crippen molar-refractivity contribution in [3.05, 3.63) is 40.5 Å². The summed E-state index contributed by atoms with van der Waals surface area (Å²) >= 11 is 0. The maximum atomic E-state index is 11.1. The topological polar surface area (TPSA) is 125 Å². The number of carbonyl (C=O) groups is 1. The van der Waals surface area contributed by atoms with E-state index < -0.39 is 24.3 Å². The fraction of sp³-hybridized carbons (Fsp3) is 0.455. The van der Waals surface area contributed by atoms with Crippen LogP contribution in [0.3, 0.4) is 0 Å². The van der Waals surface area contributed by atoms with E-state index in [1.54, 1.807) is 29.1 Å². The average Bonchev–Trinajstić information content (AvgIpc) is 2.82. The number of carbonyl (C=O) groups excluding carboxylic acids is 1. The Morgan fingerprint density at radius 2 is 2.53 bits per heavy atom. The van der Waals surface area contributed by atoms with Crippen molar-refractivity contribution < 1.29 is 19.2 Å². The Hall–Kier alpha value is -2.15. The number of amides is 1. The smallest absolute Gasteiger partial charge is 0.263 e. The van der Waals surface area contributed by atoms with E-state index in [2.05, 4.69) is 10.0 Å². The maximum absolute atomic E-state index is 11.1. The van der Waals surface area contributed by atoms with Crippen LogP contribution < -0.4 is 10.3 Å². The normalized spacial score (nSPS) is 25.8. The summed E-state index contributed by atoms with van der Waals surface area (Å²) < 4.78 is 7.27. The van der Waals surface area contributed by atoms with E-state index in [0.29, 0.717) is 12.0 Å². The highest BCUT2D eigenvalue weighted by atomic mass is 16.5. The van der Waals surface area contributed by atoms with E-state index in [0.717, 1.165) is 0 Å². The predicted molar refractivity (Wildman–Crippen MR) is 63.7 cm³/mol. The second kappa shape index (κ2) is 5.66. The van der Waals surface area contributed by atoms with Gasteiger partial charge in [-0.2, -0.15) is 4.57 Å². The van der Waals surface area contributed by atoms with Gasteiger partial charge in [0.05, 0.1) is 18.8 Å². The maximum Gasteiger partial charge on any atom is 0.263 e. The molecule has 0 spiro atoms. The Kier molecular flexibility index (Phi) is 3.96. The van der Waals surface area contributed by atoms with Crippen LogP contribution in [0.2, 0.25) is 0 Å². The molecule has 19 heavy (non-hydrogen) atoms. The number of hydrogen-bond donors (Lipinski definition) is 2. The van der Waals surface area contributed by atoms with Gasteiger partial charge >= 0.3 is 0 Å². The highest BCUT2D eigenvalue weighted by Gasteiger charge is 2.39. The van der Waals surface area contributed by atoms with Gasteiger partial charge in [-0.15, -0.1) is 0 Å². The molecule has 8 nitrogen and oxygen atoms in total. The van der Waals surface area contributed by atoms with Gasteiger partial charge in [0, 0.05) is 17.4 Å². The molecule has 0 unspecified atom stereocenters. The van der Waals surface area contributed by atoms with Gasteiger partial charge in [0.1, 0.15) is 5.56 Å². The third kappa shape index (κ3) is 2.82. The van der Waals surface area contributed by atoms with Crippen molar-refractivity contribution in [3.8, 4) is 0 Å². The van der Waals surface area contributed by atoms with Crippen molar-refractivity contribution >= 4 is 5.91 Å². The molecule has 0 radical (unpaired) electrons. The molecule has 1 aromatic rings. The number of hydrogen-bond acceptors (Lipinski definition) is 4. The van der Waals surface area contributed by atoms with Gasteiger partial charge in [0.25, 0.3) is 12.1 Å². The lowest BCUT2D eigenvalue weighted by molar-refractivity contribution is -0.759. The van der Waals surface area contributed by atoms with Crippen LogP contribution in [0, 0.1) is 0 Å². The van der Waals surface area contributed by atoms with Crippen molar-refractivity contribution in [2.75, 3.05) is 6.61 Å². The zero-order valence-corrected chi connectivity index (χ0v) is 10.1. The van der Waals surface area contributed by atoms with Crippen LogP contribution in [0.1, 0.15) is 23.0 Å². The van der Waals surface area contributed by atoms with Crippen molar-refractivity contribution in [1.82, 2.24) is 0 Å². The number of nitrogens with zero attached hydrogens (tertiary/aromatic N) is 4. The molecule has 2 heterocycles. The molecule has 0 aromatic carbocycles. The largest absolute Gasteiger partial charge is 0.394 e. The minimum absolute atomic E-state index is 0.226. The number of aliphatic hydroxyl groups is 1. The first-order chi connectivity index (χ1) is 9.15. The number of primary amides is 1. The quantitative estimate of drug-likeness (QED) is 0.345. The van der Waals surface area contributed by atoms with Crippen molar-refractivity contribution in [2.45, 2.75) is 24.8 Å². The Morgan fingerprint density at radius 3 is 3.16 bits per heavy atom. The van der Waals surface area contributed by atoms with Crippen LogP contribution in [0.25, 0.3) is 10.4 Å². The highest BCUT2D eigenvalue weighted by molar-refractivity contribution is 5.92. The standard InChI is InChI=1S/C11H13N5O3/c12-11(18)7-2-1-3-16(5-7)10-4-8(14-15-13)9(6-17)19-10/h1-3,5,8-10,17H,4,6H2,(H-,12,18)/p+1/t8-,9-,10+/m1/s1. The molecule has 3 atom stereocenters. The highest BCUT2D eigenvalue weighted by Crippen LogP contribution is 2.27. The number of rotatable bonds is 4. The molecule has 1 aliphatic rings.